The Bertz CT molecular complexity index is 385. The van der Waals surface area contributed by atoms with E-state index in [0.717, 1.165) is 0 Å². The molecule has 1 unspecified atom stereocenters. The van der Waals surface area contributed by atoms with Gasteiger partial charge in [0.05, 0.1) is 18.8 Å². The Kier molecular flexibility index (Phi) is 13.2. The number of hydrogen-bond acceptors (Lipinski definition) is 8. The zero-order chi connectivity index (χ0) is 19.2. The van der Waals surface area contributed by atoms with Gasteiger partial charge in [0.15, 0.2) is 0 Å². The molecule has 10 heteroatoms. The summed E-state index contributed by atoms with van der Waals surface area (Å²) in [5.74, 6) is -0.996. The molecule has 0 aromatic rings. The highest BCUT2D eigenvalue weighted by atomic mass is 16.3. The average Bonchev–Trinajstić information content (AvgIpc) is 2.56. The zero-order valence-electron chi connectivity index (χ0n) is 14.4. The van der Waals surface area contributed by atoms with Crippen molar-refractivity contribution in [2.45, 2.75) is 63.0 Å². The third-order valence-electron chi connectivity index (χ3n) is 3.63. The summed E-state index contributed by atoms with van der Waals surface area (Å²) in [5.41, 5.74) is 10.6. The topological polar surface area (TPSA) is 191 Å². The quantitative estimate of drug-likeness (QED) is 0.140. The highest BCUT2D eigenvalue weighted by molar-refractivity contribution is 5.86. The van der Waals surface area contributed by atoms with Crippen LogP contribution in [0.2, 0.25) is 0 Å². The number of rotatable bonds is 15. The van der Waals surface area contributed by atoms with Crippen molar-refractivity contribution >= 4 is 11.8 Å². The molecule has 0 aliphatic rings. The van der Waals surface area contributed by atoms with Crippen LogP contribution in [-0.4, -0.2) is 76.4 Å². The maximum Gasteiger partial charge on any atom is 0.240 e. The van der Waals surface area contributed by atoms with Crippen LogP contribution in [0.15, 0.2) is 0 Å². The van der Waals surface area contributed by atoms with Gasteiger partial charge in [-0.15, -0.1) is 0 Å². The zero-order valence-corrected chi connectivity index (χ0v) is 14.4. The van der Waals surface area contributed by atoms with Gasteiger partial charge in [-0.2, -0.15) is 0 Å². The van der Waals surface area contributed by atoms with Crippen LogP contribution in [0.4, 0.5) is 0 Å². The third kappa shape index (κ3) is 12.7. The third-order valence-corrected chi connectivity index (χ3v) is 3.63. The number of primary amides is 1. The van der Waals surface area contributed by atoms with Crippen LogP contribution < -0.4 is 22.1 Å². The van der Waals surface area contributed by atoms with Gasteiger partial charge in [-0.1, -0.05) is 0 Å². The predicted molar refractivity (Wildman–Crippen MR) is 91.0 cm³/mol. The second-order valence-electron chi connectivity index (χ2n) is 5.98. The van der Waals surface area contributed by atoms with Crippen LogP contribution in [0.5, 0.6) is 0 Å². The second-order valence-corrected chi connectivity index (χ2v) is 5.98. The van der Waals surface area contributed by atoms with E-state index in [0.29, 0.717) is 13.0 Å². The molecule has 0 aliphatic heterocycles. The lowest BCUT2D eigenvalue weighted by molar-refractivity contribution is -0.127. The van der Waals surface area contributed by atoms with Crippen LogP contribution >= 0.6 is 0 Å². The first-order valence-electron chi connectivity index (χ1n) is 8.47. The van der Waals surface area contributed by atoms with Gasteiger partial charge in [-0.25, -0.2) is 0 Å². The summed E-state index contributed by atoms with van der Waals surface area (Å²) < 4.78 is 0. The molecule has 0 spiro atoms. The molecule has 0 bridgehead atoms. The number of amides is 2. The summed E-state index contributed by atoms with van der Waals surface area (Å²) in [6.45, 7) is 0.238. The van der Waals surface area contributed by atoms with Crippen molar-refractivity contribution in [3.63, 3.8) is 0 Å². The fourth-order valence-electron chi connectivity index (χ4n) is 2.16. The standard InChI is InChI=1S/C15H32N4O6/c16-6-1-2-14(24)19-12(15(17)25)3-4-13(23)18-7-5-10(21)8-11(22)9-20/h10-13,18,20-23H,1-9,16H2,(H2,17,25)(H,19,24)/t10-,11+,12+,13?/m1/s1. The Morgan fingerprint density at radius 3 is 2.28 bits per heavy atom. The van der Waals surface area contributed by atoms with Crippen LogP contribution in [0.1, 0.15) is 38.5 Å². The molecule has 0 saturated carbocycles. The van der Waals surface area contributed by atoms with Gasteiger partial charge in [0.1, 0.15) is 12.3 Å². The van der Waals surface area contributed by atoms with E-state index in [-0.39, 0.29) is 44.6 Å². The molecule has 2 amide bonds. The van der Waals surface area contributed by atoms with E-state index in [1.165, 1.54) is 0 Å². The predicted octanol–water partition coefficient (Wildman–Crippen LogP) is -3.12. The van der Waals surface area contributed by atoms with Crippen molar-refractivity contribution in [3.8, 4) is 0 Å². The molecule has 0 aromatic carbocycles. The second kappa shape index (κ2) is 13.9. The molecule has 10 nitrogen and oxygen atoms in total. The molecule has 0 saturated heterocycles. The number of carbonyl (C=O) groups is 2. The first kappa shape index (κ1) is 23.7. The number of aliphatic hydroxyl groups is 4. The lowest BCUT2D eigenvalue weighted by atomic mass is 10.1. The molecule has 148 valence electrons. The molecule has 25 heavy (non-hydrogen) atoms. The SMILES string of the molecule is NCCCC(=O)N[C@@H](CCC(O)NCC[C@@H](O)C[C@H](O)CO)C(N)=O. The minimum absolute atomic E-state index is 0.0485. The number of aliphatic hydroxyl groups excluding tert-OH is 4. The molecule has 4 atom stereocenters. The number of nitrogens with one attached hydrogen (secondary N) is 2. The van der Waals surface area contributed by atoms with Crippen LogP contribution in [-0.2, 0) is 9.59 Å². The Morgan fingerprint density at radius 2 is 1.72 bits per heavy atom. The van der Waals surface area contributed by atoms with Crippen LogP contribution in [0, 0.1) is 0 Å². The lowest BCUT2D eigenvalue weighted by Crippen LogP contribution is -2.45. The van der Waals surface area contributed by atoms with Crippen molar-refractivity contribution in [1.29, 1.82) is 0 Å². The largest absolute Gasteiger partial charge is 0.394 e. The lowest BCUT2D eigenvalue weighted by Gasteiger charge is -2.19. The fourth-order valence-corrected chi connectivity index (χ4v) is 2.16. The molecule has 0 rings (SSSR count). The number of carbonyl (C=O) groups excluding carboxylic acids is 2. The Hall–Kier alpha value is -1.30. The summed E-state index contributed by atoms with van der Waals surface area (Å²) in [6, 6.07) is -0.869. The van der Waals surface area contributed by atoms with E-state index >= 15 is 0 Å². The van der Waals surface area contributed by atoms with Crippen molar-refractivity contribution in [3.05, 3.63) is 0 Å². The van der Waals surface area contributed by atoms with E-state index in [9.17, 15) is 24.9 Å². The van der Waals surface area contributed by atoms with Gasteiger partial charge >= 0.3 is 0 Å². The average molecular weight is 364 g/mol. The van der Waals surface area contributed by atoms with Gasteiger partial charge in [0, 0.05) is 12.8 Å². The molecule has 0 fully saturated rings. The van der Waals surface area contributed by atoms with Crippen molar-refractivity contribution in [2.75, 3.05) is 19.7 Å². The summed E-state index contributed by atoms with van der Waals surface area (Å²) in [5, 5.41) is 42.6. The molecular weight excluding hydrogens is 332 g/mol. The maximum atomic E-state index is 11.6. The van der Waals surface area contributed by atoms with Gasteiger partial charge in [-0.05, 0) is 38.8 Å². The number of hydrogen-bond donors (Lipinski definition) is 8. The minimum atomic E-state index is -0.973. The Labute approximate surface area is 147 Å². The van der Waals surface area contributed by atoms with E-state index < -0.39 is 37.0 Å². The maximum absolute atomic E-state index is 11.6. The Morgan fingerprint density at radius 1 is 1.04 bits per heavy atom. The van der Waals surface area contributed by atoms with E-state index in [1.807, 2.05) is 0 Å². The highest BCUT2D eigenvalue weighted by Gasteiger charge is 2.19. The normalized spacial score (nSPS) is 16.0. The van der Waals surface area contributed by atoms with Crippen LogP contribution in [0.25, 0.3) is 0 Å². The molecule has 10 N–H and O–H groups in total. The van der Waals surface area contributed by atoms with Gasteiger partial charge < -0.3 is 37.2 Å². The first-order valence-corrected chi connectivity index (χ1v) is 8.47. The summed E-state index contributed by atoms with van der Waals surface area (Å²) in [6.07, 6.45) is -1.31. The highest BCUT2D eigenvalue weighted by Crippen LogP contribution is 2.04. The smallest absolute Gasteiger partial charge is 0.240 e. The van der Waals surface area contributed by atoms with E-state index in [1.54, 1.807) is 0 Å². The molecule has 0 aromatic heterocycles. The van der Waals surface area contributed by atoms with Gasteiger partial charge in [0.25, 0.3) is 0 Å². The number of nitrogens with two attached hydrogens (primary N) is 2. The minimum Gasteiger partial charge on any atom is -0.394 e. The van der Waals surface area contributed by atoms with Crippen LogP contribution in [0.3, 0.4) is 0 Å². The van der Waals surface area contributed by atoms with E-state index in [4.69, 9.17) is 16.6 Å². The summed E-state index contributed by atoms with van der Waals surface area (Å²) in [7, 11) is 0. The Balaban J connectivity index is 4.04. The fraction of sp³-hybridized carbons (Fsp3) is 0.867. The molecular formula is C15H32N4O6. The van der Waals surface area contributed by atoms with Gasteiger partial charge in [-0.3, -0.25) is 14.9 Å². The molecule has 0 radical (unpaired) electrons. The van der Waals surface area contributed by atoms with Crippen molar-refractivity contribution in [2.24, 2.45) is 11.5 Å². The van der Waals surface area contributed by atoms with E-state index in [2.05, 4.69) is 10.6 Å². The molecule has 0 heterocycles. The summed E-state index contributed by atoms with van der Waals surface area (Å²) >= 11 is 0. The first-order chi connectivity index (χ1) is 11.8. The van der Waals surface area contributed by atoms with Crippen molar-refractivity contribution in [1.82, 2.24) is 10.6 Å². The van der Waals surface area contributed by atoms with Gasteiger partial charge in [0.2, 0.25) is 11.8 Å². The summed E-state index contributed by atoms with van der Waals surface area (Å²) in [4.78, 5) is 23.0. The molecule has 0 aliphatic carbocycles. The monoisotopic (exact) mass is 364 g/mol. The van der Waals surface area contributed by atoms with Crippen molar-refractivity contribution < 1.29 is 30.0 Å².